The highest BCUT2D eigenvalue weighted by Crippen LogP contribution is 2.00. The van der Waals surface area contributed by atoms with Gasteiger partial charge in [-0.1, -0.05) is 6.92 Å². The van der Waals surface area contributed by atoms with Crippen LogP contribution in [0.4, 0.5) is 0 Å². The number of nitrogens with zero attached hydrogens (tertiary/aromatic N) is 1. The molecule has 0 spiro atoms. The average Bonchev–Trinajstić information content (AvgIpc) is 2.26. The highest BCUT2D eigenvalue weighted by Gasteiger charge is 2.04. The van der Waals surface area contributed by atoms with E-state index in [1.807, 2.05) is 6.92 Å². The molecule has 76 valence electrons. The zero-order valence-corrected chi connectivity index (χ0v) is 8.29. The molecule has 4 heteroatoms. The Morgan fingerprint density at radius 1 is 1.64 bits per heavy atom. The smallest absolute Gasteiger partial charge is 0.251 e. The van der Waals surface area contributed by atoms with Crippen molar-refractivity contribution in [2.75, 3.05) is 6.54 Å². The Morgan fingerprint density at radius 3 is 3.07 bits per heavy atom. The lowest BCUT2D eigenvalue weighted by Crippen LogP contribution is -2.24. The van der Waals surface area contributed by atoms with Crippen molar-refractivity contribution in [3.05, 3.63) is 29.6 Å². The van der Waals surface area contributed by atoms with E-state index in [1.54, 1.807) is 18.3 Å². The standard InChI is InChI=1S/C10H15N3O/c1-2-4-13-10(14)8-3-5-12-9(6-8)7-11/h3,5-6H,2,4,7,11H2,1H3,(H,13,14). The number of aromatic nitrogens is 1. The van der Waals surface area contributed by atoms with Gasteiger partial charge in [-0.2, -0.15) is 0 Å². The summed E-state index contributed by atoms with van der Waals surface area (Å²) in [5.41, 5.74) is 6.77. The molecule has 0 saturated carbocycles. The van der Waals surface area contributed by atoms with Crippen LogP contribution in [0.1, 0.15) is 29.4 Å². The summed E-state index contributed by atoms with van der Waals surface area (Å²) in [6.07, 6.45) is 2.53. The van der Waals surface area contributed by atoms with Crippen molar-refractivity contribution in [2.24, 2.45) is 5.73 Å². The van der Waals surface area contributed by atoms with Crippen LogP contribution in [-0.2, 0) is 6.54 Å². The van der Waals surface area contributed by atoms with Gasteiger partial charge in [0.1, 0.15) is 0 Å². The fraction of sp³-hybridized carbons (Fsp3) is 0.400. The molecule has 0 atom stereocenters. The van der Waals surface area contributed by atoms with Crippen LogP contribution >= 0.6 is 0 Å². The first kappa shape index (κ1) is 10.7. The Bertz CT molecular complexity index is 312. The number of hydrogen-bond acceptors (Lipinski definition) is 3. The van der Waals surface area contributed by atoms with Crippen molar-refractivity contribution < 1.29 is 4.79 Å². The van der Waals surface area contributed by atoms with E-state index in [2.05, 4.69) is 10.3 Å². The molecule has 0 aliphatic carbocycles. The molecule has 1 rings (SSSR count). The molecule has 0 aliphatic rings. The van der Waals surface area contributed by atoms with E-state index in [4.69, 9.17) is 5.73 Å². The van der Waals surface area contributed by atoms with Gasteiger partial charge in [0, 0.05) is 24.8 Å². The first-order valence-corrected chi connectivity index (χ1v) is 4.71. The number of rotatable bonds is 4. The summed E-state index contributed by atoms with van der Waals surface area (Å²) >= 11 is 0. The van der Waals surface area contributed by atoms with E-state index in [0.29, 0.717) is 18.7 Å². The lowest BCUT2D eigenvalue weighted by atomic mass is 10.2. The second-order valence-corrected chi connectivity index (χ2v) is 3.00. The lowest BCUT2D eigenvalue weighted by Gasteiger charge is -2.04. The fourth-order valence-corrected chi connectivity index (χ4v) is 1.07. The third-order valence-electron chi connectivity index (χ3n) is 1.82. The lowest BCUT2D eigenvalue weighted by molar-refractivity contribution is 0.0953. The average molecular weight is 193 g/mol. The highest BCUT2D eigenvalue weighted by molar-refractivity contribution is 5.94. The summed E-state index contributed by atoms with van der Waals surface area (Å²) in [4.78, 5) is 15.5. The minimum atomic E-state index is -0.0658. The van der Waals surface area contributed by atoms with Crippen molar-refractivity contribution in [1.29, 1.82) is 0 Å². The van der Waals surface area contributed by atoms with Gasteiger partial charge in [0.05, 0.1) is 5.69 Å². The SMILES string of the molecule is CCCNC(=O)c1ccnc(CN)c1. The van der Waals surface area contributed by atoms with Gasteiger partial charge in [-0.25, -0.2) is 0 Å². The zero-order chi connectivity index (χ0) is 10.4. The third-order valence-corrected chi connectivity index (χ3v) is 1.82. The molecule has 1 heterocycles. The fourth-order valence-electron chi connectivity index (χ4n) is 1.07. The molecular weight excluding hydrogens is 178 g/mol. The zero-order valence-electron chi connectivity index (χ0n) is 8.29. The van der Waals surface area contributed by atoms with Crippen molar-refractivity contribution in [3.63, 3.8) is 0 Å². The molecule has 1 amide bonds. The maximum absolute atomic E-state index is 11.5. The Labute approximate surface area is 83.5 Å². The molecule has 1 aromatic rings. The molecule has 14 heavy (non-hydrogen) atoms. The van der Waals surface area contributed by atoms with Gasteiger partial charge in [-0.3, -0.25) is 9.78 Å². The van der Waals surface area contributed by atoms with E-state index in [9.17, 15) is 4.79 Å². The number of carbonyl (C=O) groups is 1. The normalized spacial score (nSPS) is 9.86. The minimum Gasteiger partial charge on any atom is -0.352 e. The number of amides is 1. The van der Waals surface area contributed by atoms with E-state index in [1.165, 1.54) is 0 Å². The van der Waals surface area contributed by atoms with Crippen LogP contribution in [0.2, 0.25) is 0 Å². The van der Waals surface area contributed by atoms with Gasteiger partial charge in [0.25, 0.3) is 5.91 Å². The van der Waals surface area contributed by atoms with Crippen LogP contribution in [0, 0.1) is 0 Å². The number of carbonyl (C=O) groups excluding carboxylic acids is 1. The summed E-state index contributed by atoms with van der Waals surface area (Å²) in [5, 5.41) is 2.79. The maximum Gasteiger partial charge on any atom is 0.251 e. The van der Waals surface area contributed by atoms with Crippen LogP contribution in [0.15, 0.2) is 18.3 Å². The Kier molecular flexibility index (Phi) is 4.07. The van der Waals surface area contributed by atoms with E-state index < -0.39 is 0 Å². The second kappa shape index (κ2) is 5.34. The quantitative estimate of drug-likeness (QED) is 0.738. The minimum absolute atomic E-state index is 0.0658. The van der Waals surface area contributed by atoms with Gasteiger partial charge in [-0.15, -0.1) is 0 Å². The molecule has 0 aliphatic heterocycles. The van der Waals surface area contributed by atoms with E-state index >= 15 is 0 Å². The first-order valence-electron chi connectivity index (χ1n) is 4.71. The van der Waals surface area contributed by atoms with Crippen molar-refractivity contribution in [2.45, 2.75) is 19.9 Å². The van der Waals surface area contributed by atoms with Gasteiger partial charge >= 0.3 is 0 Å². The van der Waals surface area contributed by atoms with Gasteiger partial charge in [0.15, 0.2) is 0 Å². The number of nitrogens with one attached hydrogen (secondary N) is 1. The van der Waals surface area contributed by atoms with Crippen molar-refractivity contribution in [1.82, 2.24) is 10.3 Å². The molecule has 0 saturated heterocycles. The second-order valence-electron chi connectivity index (χ2n) is 3.00. The van der Waals surface area contributed by atoms with Crippen LogP contribution < -0.4 is 11.1 Å². The van der Waals surface area contributed by atoms with E-state index in [-0.39, 0.29) is 5.91 Å². The van der Waals surface area contributed by atoms with Crippen molar-refractivity contribution >= 4 is 5.91 Å². The summed E-state index contributed by atoms with van der Waals surface area (Å²) in [5.74, 6) is -0.0658. The van der Waals surface area contributed by atoms with Gasteiger partial charge < -0.3 is 11.1 Å². The topological polar surface area (TPSA) is 68.0 Å². The molecule has 4 nitrogen and oxygen atoms in total. The molecule has 0 radical (unpaired) electrons. The summed E-state index contributed by atoms with van der Waals surface area (Å²) in [6, 6.07) is 3.40. The number of hydrogen-bond donors (Lipinski definition) is 2. The van der Waals surface area contributed by atoms with Crippen LogP contribution in [-0.4, -0.2) is 17.4 Å². The monoisotopic (exact) mass is 193 g/mol. The maximum atomic E-state index is 11.5. The van der Waals surface area contributed by atoms with Crippen LogP contribution in [0.3, 0.4) is 0 Å². The van der Waals surface area contributed by atoms with Gasteiger partial charge in [0.2, 0.25) is 0 Å². The van der Waals surface area contributed by atoms with Crippen molar-refractivity contribution in [3.8, 4) is 0 Å². The van der Waals surface area contributed by atoms with E-state index in [0.717, 1.165) is 12.1 Å². The van der Waals surface area contributed by atoms with Crippen LogP contribution in [0.5, 0.6) is 0 Å². The predicted octanol–water partition coefficient (Wildman–Crippen LogP) is 0.680. The van der Waals surface area contributed by atoms with Crippen LogP contribution in [0.25, 0.3) is 0 Å². The molecular formula is C10H15N3O. The first-order chi connectivity index (χ1) is 6.77. The highest BCUT2D eigenvalue weighted by atomic mass is 16.1. The molecule has 1 aromatic heterocycles. The molecule has 0 bridgehead atoms. The Balaban J connectivity index is 2.69. The largest absolute Gasteiger partial charge is 0.352 e. The Hall–Kier alpha value is -1.42. The third kappa shape index (κ3) is 2.81. The molecule has 3 N–H and O–H groups in total. The summed E-state index contributed by atoms with van der Waals surface area (Å²) in [7, 11) is 0. The molecule has 0 unspecified atom stereocenters. The predicted molar refractivity (Wildman–Crippen MR) is 54.8 cm³/mol. The molecule has 0 fully saturated rings. The summed E-state index contributed by atoms with van der Waals surface area (Å²) in [6.45, 7) is 3.06. The number of nitrogens with two attached hydrogens (primary N) is 1. The summed E-state index contributed by atoms with van der Waals surface area (Å²) < 4.78 is 0. The van der Waals surface area contributed by atoms with Gasteiger partial charge in [-0.05, 0) is 18.6 Å². The molecule has 0 aromatic carbocycles. The number of pyridine rings is 1. The Morgan fingerprint density at radius 2 is 2.43 bits per heavy atom.